The molecule has 1 aromatic carbocycles. The lowest BCUT2D eigenvalue weighted by atomic mass is 10.1. The van der Waals surface area contributed by atoms with E-state index in [4.69, 9.17) is 0 Å². The van der Waals surface area contributed by atoms with Crippen molar-refractivity contribution >= 4 is 0 Å². The summed E-state index contributed by atoms with van der Waals surface area (Å²) in [5.41, 5.74) is 4.61. The van der Waals surface area contributed by atoms with Crippen molar-refractivity contribution < 1.29 is 0 Å². The molecule has 0 amide bonds. The van der Waals surface area contributed by atoms with Crippen LogP contribution in [-0.4, -0.2) is 26.5 Å². The SMILES string of the molecule is Cc1cnn(CCNCc2cn[nH]c2-c2ccccc2)c1. The molecule has 2 heterocycles. The summed E-state index contributed by atoms with van der Waals surface area (Å²) in [6.45, 7) is 4.59. The first-order valence-electron chi connectivity index (χ1n) is 7.10. The Balaban J connectivity index is 1.55. The maximum absolute atomic E-state index is 4.27. The first kappa shape index (κ1) is 13.6. The quantitative estimate of drug-likeness (QED) is 0.682. The molecular formula is C16H19N5. The smallest absolute Gasteiger partial charge is 0.0695 e. The molecule has 108 valence electrons. The van der Waals surface area contributed by atoms with Crippen LogP contribution in [0.5, 0.6) is 0 Å². The van der Waals surface area contributed by atoms with Crippen molar-refractivity contribution in [2.24, 2.45) is 0 Å². The highest BCUT2D eigenvalue weighted by molar-refractivity contribution is 5.62. The summed E-state index contributed by atoms with van der Waals surface area (Å²) in [7, 11) is 0. The zero-order valence-corrected chi connectivity index (χ0v) is 12.1. The minimum absolute atomic E-state index is 0.793. The van der Waals surface area contributed by atoms with Crippen LogP contribution in [0.1, 0.15) is 11.1 Å². The molecule has 3 rings (SSSR count). The molecule has 2 N–H and O–H groups in total. The third-order valence-electron chi connectivity index (χ3n) is 3.38. The number of benzene rings is 1. The Bertz CT molecular complexity index is 684. The van der Waals surface area contributed by atoms with Crippen molar-refractivity contribution in [1.29, 1.82) is 0 Å². The van der Waals surface area contributed by atoms with Crippen molar-refractivity contribution in [3.63, 3.8) is 0 Å². The van der Waals surface area contributed by atoms with Crippen molar-refractivity contribution in [3.8, 4) is 11.3 Å². The number of nitrogens with one attached hydrogen (secondary N) is 2. The Morgan fingerprint density at radius 1 is 1.19 bits per heavy atom. The molecule has 0 aliphatic carbocycles. The van der Waals surface area contributed by atoms with Crippen molar-refractivity contribution in [1.82, 2.24) is 25.3 Å². The third kappa shape index (κ3) is 3.38. The topological polar surface area (TPSA) is 58.5 Å². The Kier molecular flexibility index (Phi) is 4.12. The molecule has 0 atom stereocenters. The number of hydrogen-bond acceptors (Lipinski definition) is 3. The number of aromatic amines is 1. The van der Waals surface area contributed by atoms with Crippen LogP contribution >= 0.6 is 0 Å². The van der Waals surface area contributed by atoms with Gasteiger partial charge in [0.15, 0.2) is 0 Å². The molecule has 5 heteroatoms. The summed E-state index contributed by atoms with van der Waals surface area (Å²) in [6.07, 6.45) is 5.81. The largest absolute Gasteiger partial charge is 0.311 e. The van der Waals surface area contributed by atoms with Gasteiger partial charge in [0.25, 0.3) is 0 Å². The van der Waals surface area contributed by atoms with Gasteiger partial charge in [0, 0.05) is 24.8 Å². The number of aromatic nitrogens is 4. The number of rotatable bonds is 6. The first-order valence-corrected chi connectivity index (χ1v) is 7.10. The molecule has 0 aliphatic heterocycles. The number of hydrogen-bond donors (Lipinski definition) is 2. The minimum Gasteiger partial charge on any atom is -0.311 e. The molecule has 3 aromatic rings. The average Bonchev–Trinajstić information content (AvgIpc) is 3.13. The second-order valence-electron chi connectivity index (χ2n) is 5.09. The van der Waals surface area contributed by atoms with E-state index in [9.17, 15) is 0 Å². The molecule has 0 radical (unpaired) electrons. The normalized spacial score (nSPS) is 10.9. The minimum atomic E-state index is 0.793. The van der Waals surface area contributed by atoms with Crippen LogP contribution in [-0.2, 0) is 13.1 Å². The van der Waals surface area contributed by atoms with Crippen molar-refractivity contribution in [3.05, 3.63) is 60.0 Å². The van der Waals surface area contributed by atoms with Crippen LogP contribution < -0.4 is 5.32 Å². The van der Waals surface area contributed by atoms with Crippen LogP contribution in [0.2, 0.25) is 0 Å². The molecule has 0 fully saturated rings. The number of aryl methyl sites for hydroxylation is 1. The Labute approximate surface area is 124 Å². The highest BCUT2D eigenvalue weighted by Crippen LogP contribution is 2.20. The van der Waals surface area contributed by atoms with E-state index in [1.54, 1.807) is 0 Å². The Morgan fingerprint density at radius 3 is 2.81 bits per heavy atom. The van der Waals surface area contributed by atoms with Gasteiger partial charge in [0.2, 0.25) is 0 Å². The van der Waals surface area contributed by atoms with Crippen LogP contribution in [0.15, 0.2) is 48.9 Å². The second-order valence-corrected chi connectivity index (χ2v) is 5.09. The van der Waals surface area contributed by atoms with E-state index in [1.807, 2.05) is 35.3 Å². The third-order valence-corrected chi connectivity index (χ3v) is 3.38. The van der Waals surface area contributed by atoms with Gasteiger partial charge in [-0.2, -0.15) is 10.2 Å². The Morgan fingerprint density at radius 2 is 2.05 bits per heavy atom. The molecule has 0 aliphatic rings. The molecule has 5 nitrogen and oxygen atoms in total. The number of nitrogens with zero attached hydrogens (tertiary/aromatic N) is 3. The molecule has 0 spiro atoms. The van der Waals surface area contributed by atoms with Crippen molar-refractivity contribution in [2.45, 2.75) is 20.0 Å². The fraction of sp³-hybridized carbons (Fsp3) is 0.250. The van der Waals surface area contributed by atoms with Crippen LogP contribution in [0.25, 0.3) is 11.3 Å². The fourth-order valence-corrected chi connectivity index (χ4v) is 2.31. The zero-order chi connectivity index (χ0) is 14.5. The molecule has 0 unspecified atom stereocenters. The summed E-state index contributed by atoms with van der Waals surface area (Å²) in [6, 6.07) is 10.3. The van der Waals surface area contributed by atoms with Gasteiger partial charge in [0.1, 0.15) is 0 Å². The van der Waals surface area contributed by atoms with Gasteiger partial charge >= 0.3 is 0 Å². The summed E-state index contributed by atoms with van der Waals surface area (Å²) >= 11 is 0. The van der Waals surface area contributed by atoms with Gasteiger partial charge in [-0.3, -0.25) is 9.78 Å². The van der Waals surface area contributed by atoms with Crippen LogP contribution in [0.3, 0.4) is 0 Å². The average molecular weight is 281 g/mol. The highest BCUT2D eigenvalue weighted by Gasteiger charge is 2.06. The lowest BCUT2D eigenvalue weighted by molar-refractivity contribution is 0.555. The van der Waals surface area contributed by atoms with Gasteiger partial charge < -0.3 is 5.32 Å². The van der Waals surface area contributed by atoms with E-state index in [0.717, 1.165) is 30.9 Å². The second kappa shape index (κ2) is 6.37. The monoisotopic (exact) mass is 281 g/mol. The lowest BCUT2D eigenvalue weighted by Crippen LogP contribution is -2.19. The molecular weight excluding hydrogens is 262 g/mol. The predicted octanol–water partition coefficient (Wildman–Crippen LogP) is 2.37. The molecule has 2 aromatic heterocycles. The van der Waals surface area contributed by atoms with Crippen LogP contribution in [0, 0.1) is 6.92 Å². The molecule has 21 heavy (non-hydrogen) atoms. The number of H-pyrrole nitrogens is 1. The Hall–Kier alpha value is -2.40. The maximum Gasteiger partial charge on any atom is 0.0695 e. The zero-order valence-electron chi connectivity index (χ0n) is 12.1. The molecule has 0 saturated carbocycles. The maximum atomic E-state index is 4.27. The first-order chi connectivity index (χ1) is 10.3. The summed E-state index contributed by atoms with van der Waals surface area (Å²) in [5, 5.41) is 14.9. The van der Waals surface area contributed by atoms with Gasteiger partial charge in [-0.15, -0.1) is 0 Å². The van der Waals surface area contributed by atoms with E-state index in [2.05, 4.69) is 45.9 Å². The van der Waals surface area contributed by atoms with Gasteiger partial charge in [-0.25, -0.2) is 0 Å². The fourth-order valence-electron chi connectivity index (χ4n) is 2.31. The van der Waals surface area contributed by atoms with Gasteiger partial charge in [-0.1, -0.05) is 30.3 Å². The predicted molar refractivity (Wildman–Crippen MR) is 82.7 cm³/mol. The standard InChI is InChI=1S/C16H19N5/c1-13-9-19-21(12-13)8-7-17-10-15-11-18-20-16(15)14-5-3-2-4-6-14/h2-6,9,11-12,17H,7-8,10H2,1H3,(H,18,20). The summed E-state index contributed by atoms with van der Waals surface area (Å²) in [4.78, 5) is 0. The summed E-state index contributed by atoms with van der Waals surface area (Å²) in [5.74, 6) is 0. The molecule has 0 saturated heterocycles. The van der Waals surface area contributed by atoms with Crippen LogP contribution in [0.4, 0.5) is 0 Å². The highest BCUT2D eigenvalue weighted by atomic mass is 15.3. The van der Waals surface area contributed by atoms with Gasteiger partial charge in [0.05, 0.1) is 24.6 Å². The van der Waals surface area contributed by atoms with Gasteiger partial charge in [-0.05, 0) is 18.1 Å². The molecule has 0 bridgehead atoms. The summed E-state index contributed by atoms with van der Waals surface area (Å²) < 4.78 is 1.95. The van der Waals surface area contributed by atoms with E-state index < -0.39 is 0 Å². The van der Waals surface area contributed by atoms with E-state index in [-0.39, 0.29) is 0 Å². The van der Waals surface area contributed by atoms with E-state index in [0.29, 0.717) is 0 Å². The van der Waals surface area contributed by atoms with E-state index in [1.165, 1.54) is 11.1 Å². The van der Waals surface area contributed by atoms with E-state index >= 15 is 0 Å². The lowest BCUT2D eigenvalue weighted by Gasteiger charge is -2.06. The van der Waals surface area contributed by atoms with Crippen molar-refractivity contribution in [2.75, 3.05) is 6.54 Å².